The topological polar surface area (TPSA) is 55.8 Å². The van der Waals surface area contributed by atoms with Crippen molar-refractivity contribution in [2.24, 2.45) is 0 Å². The number of benzene rings is 1. The zero-order valence-corrected chi connectivity index (χ0v) is 13.7. The van der Waals surface area contributed by atoms with E-state index in [4.69, 9.17) is 4.74 Å². The lowest BCUT2D eigenvalue weighted by Crippen LogP contribution is -2.49. The summed E-state index contributed by atoms with van der Waals surface area (Å²) in [6.07, 6.45) is 2.93. The number of ether oxygens (including phenoxy) is 2. The number of halogens is 2. The number of piperidine rings is 1. The lowest BCUT2D eigenvalue weighted by atomic mass is 9.97. The van der Waals surface area contributed by atoms with E-state index in [1.54, 1.807) is 4.90 Å². The van der Waals surface area contributed by atoms with E-state index < -0.39 is 12.6 Å². The third-order valence-electron chi connectivity index (χ3n) is 4.10. The quantitative estimate of drug-likeness (QED) is 0.772. The summed E-state index contributed by atoms with van der Waals surface area (Å²) in [5, 5.41) is 0. The number of esters is 1. The minimum Gasteiger partial charge on any atom is -0.452 e. The fraction of sp³-hybridized carbons (Fsp3) is 0.529. The normalized spacial score (nSPS) is 20.8. The highest BCUT2D eigenvalue weighted by Crippen LogP contribution is 2.22. The van der Waals surface area contributed by atoms with E-state index in [0.717, 1.165) is 25.3 Å². The number of hydrogen-bond acceptors (Lipinski definition) is 4. The number of rotatable bonds is 5. The van der Waals surface area contributed by atoms with Gasteiger partial charge in [0.15, 0.2) is 6.61 Å². The van der Waals surface area contributed by atoms with Gasteiger partial charge >= 0.3 is 12.6 Å². The molecule has 1 fully saturated rings. The SMILES string of the molecule is CC1CCCC(C)N1C(=O)COC(=O)c1cccc(OC(F)F)c1. The maximum atomic E-state index is 12.3. The molecule has 24 heavy (non-hydrogen) atoms. The second kappa shape index (κ2) is 8.08. The monoisotopic (exact) mass is 341 g/mol. The smallest absolute Gasteiger partial charge is 0.387 e. The van der Waals surface area contributed by atoms with Crippen molar-refractivity contribution >= 4 is 11.9 Å². The van der Waals surface area contributed by atoms with Gasteiger partial charge in [-0.1, -0.05) is 6.07 Å². The molecule has 1 aromatic carbocycles. The van der Waals surface area contributed by atoms with Crippen LogP contribution in [0.4, 0.5) is 8.78 Å². The summed E-state index contributed by atoms with van der Waals surface area (Å²) in [6, 6.07) is 5.52. The number of carbonyl (C=O) groups excluding carboxylic acids is 2. The molecule has 1 aromatic rings. The molecule has 0 saturated carbocycles. The molecule has 1 amide bonds. The highest BCUT2D eigenvalue weighted by atomic mass is 19.3. The first kappa shape index (κ1) is 18.2. The van der Waals surface area contributed by atoms with E-state index in [2.05, 4.69) is 4.74 Å². The molecule has 1 saturated heterocycles. The van der Waals surface area contributed by atoms with Crippen LogP contribution in [0.2, 0.25) is 0 Å². The van der Waals surface area contributed by atoms with E-state index in [1.807, 2.05) is 13.8 Å². The van der Waals surface area contributed by atoms with Gasteiger partial charge in [-0.3, -0.25) is 4.79 Å². The summed E-state index contributed by atoms with van der Waals surface area (Å²) in [7, 11) is 0. The Hall–Kier alpha value is -2.18. The maximum absolute atomic E-state index is 12.3. The summed E-state index contributed by atoms with van der Waals surface area (Å²) in [6.45, 7) is 0.606. The number of carbonyl (C=O) groups is 2. The molecule has 1 aliphatic rings. The summed E-state index contributed by atoms with van der Waals surface area (Å²) in [5.41, 5.74) is 0.0562. The Morgan fingerprint density at radius 2 is 1.92 bits per heavy atom. The van der Waals surface area contributed by atoms with Gasteiger partial charge in [0.2, 0.25) is 0 Å². The van der Waals surface area contributed by atoms with Crippen LogP contribution in [0.1, 0.15) is 43.5 Å². The highest BCUT2D eigenvalue weighted by molar-refractivity contribution is 5.91. The van der Waals surface area contributed by atoms with Gasteiger partial charge in [0.05, 0.1) is 5.56 Å². The zero-order valence-electron chi connectivity index (χ0n) is 13.7. The summed E-state index contributed by atoms with van der Waals surface area (Å²) >= 11 is 0. The molecule has 0 spiro atoms. The van der Waals surface area contributed by atoms with Crippen molar-refractivity contribution in [2.75, 3.05) is 6.61 Å². The van der Waals surface area contributed by atoms with Crippen molar-refractivity contribution in [1.29, 1.82) is 0 Å². The van der Waals surface area contributed by atoms with E-state index in [-0.39, 0.29) is 35.9 Å². The molecule has 0 radical (unpaired) electrons. The first-order chi connectivity index (χ1) is 11.4. The molecular weight excluding hydrogens is 320 g/mol. The van der Waals surface area contributed by atoms with Crippen molar-refractivity contribution in [3.05, 3.63) is 29.8 Å². The largest absolute Gasteiger partial charge is 0.452 e. The standard InChI is InChI=1S/C17H21F2NO4/c1-11-5-3-6-12(2)20(11)15(21)10-23-16(22)13-7-4-8-14(9-13)24-17(18)19/h4,7-9,11-12,17H,3,5-6,10H2,1-2H3. The van der Waals surface area contributed by atoms with Gasteiger partial charge in [0.25, 0.3) is 5.91 Å². The lowest BCUT2D eigenvalue weighted by molar-refractivity contribution is -0.140. The molecule has 2 unspecified atom stereocenters. The Kier molecular flexibility index (Phi) is 6.11. The van der Waals surface area contributed by atoms with Crippen LogP contribution >= 0.6 is 0 Å². The maximum Gasteiger partial charge on any atom is 0.387 e. The van der Waals surface area contributed by atoms with Gasteiger partial charge < -0.3 is 14.4 Å². The summed E-state index contributed by atoms with van der Waals surface area (Å²) in [5.74, 6) is -1.13. The molecule has 7 heteroatoms. The van der Waals surface area contributed by atoms with Gasteiger partial charge in [-0.2, -0.15) is 8.78 Å². The lowest BCUT2D eigenvalue weighted by Gasteiger charge is -2.38. The zero-order chi connectivity index (χ0) is 17.7. The fourth-order valence-electron chi connectivity index (χ4n) is 3.00. The molecule has 0 bridgehead atoms. The molecule has 132 valence electrons. The van der Waals surface area contributed by atoms with Crippen LogP contribution in [0.3, 0.4) is 0 Å². The molecule has 1 aliphatic heterocycles. The fourth-order valence-corrected chi connectivity index (χ4v) is 3.00. The molecule has 2 atom stereocenters. The van der Waals surface area contributed by atoms with Gasteiger partial charge in [0, 0.05) is 12.1 Å². The van der Waals surface area contributed by atoms with Gasteiger partial charge in [0.1, 0.15) is 5.75 Å². The van der Waals surface area contributed by atoms with Gasteiger partial charge in [-0.05, 0) is 51.3 Å². The number of alkyl halides is 2. The highest BCUT2D eigenvalue weighted by Gasteiger charge is 2.29. The van der Waals surface area contributed by atoms with Crippen LogP contribution in [0.5, 0.6) is 5.75 Å². The van der Waals surface area contributed by atoms with E-state index >= 15 is 0 Å². The average Bonchev–Trinajstić information content (AvgIpc) is 2.52. The minimum atomic E-state index is -2.97. The summed E-state index contributed by atoms with van der Waals surface area (Å²) in [4.78, 5) is 26.0. The van der Waals surface area contributed by atoms with E-state index in [9.17, 15) is 18.4 Å². The predicted molar refractivity (Wildman–Crippen MR) is 83.0 cm³/mol. The number of likely N-dealkylation sites (tertiary alicyclic amines) is 1. The van der Waals surface area contributed by atoms with Crippen molar-refractivity contribution in [2.45, 2.75) is 51.8 Å². The van der Waals surface area contributed by atoms with Crippen molar-refractivity contribution < 1.29 is 27.8 Å². The van der Waals surface area contributed by atoms with Crippen molar-refractivity contribution in [3.8, 4) is 5.75 Å². The average molecular weight is 341 g/mol. The second-order valence-electron chi connectivity index (χ2n) is 5.91. The predicted octanol–water partition coefficient (Wildman–Crippen LogP) is 3.23. The third-order valence-corrected chi connectivity index (χ3v) is 4.10. The van der Waals surface area contributed by atoms with Crippen molar-refractivity contribution in [3.63, 3.8) is 0 Å². The van der Waals surface area contributed by atoms with Crippen molar-refractivity contribution in [1.82, 2.24) is 4.90 Å². The van der Waals surface area contributed by atoms with Crippen LogP contribution in [-0.4, -0.2) is 42.1 Å². The van der Waals surface area contributed by atoms with Crippen LogP contribution in [0.15, 0.2) is 24.3 Å². The molecule has 0 aliphatic carbocycles. The van der Waals surface area contributed by atoms with E-state index in [0.29, 0.717) is 0 Å². The number of hydrogen-bond donors (Lipinski definition) is 0. The molecule has 5 nitrogen and oxygen atoms in total. The van der Waals surface area contributed by atoms with Crippen LogP contribution in [-0.2, 0) is 9.53 Å². The Balaban J connectivity index is 1.94. The molecule has 2 rings (SSSR count). The molecule has 0 aromatic heterocycles. The van der Waals surface area contributed by atoms with Crippen LogP contribution in [0.25, 0.3) is 0 Å². The Morgan fingerprint density at radius 3 is 2.54 bits per heavy atom. The second-order valence-corrected chi connectivity index (χ2v) is 5.91. The minimum absolute atomic E-state index is 0.0562. The van der Waals surface area contributed by atoms with Gasteiger partial charge in [-0.25, -0.2) is 4.79 Å². The molecular formula is C17H21F2NO4. The van der Waals surface area contributed by atoms with Crippen LogP contribution in [0, 0.1) is 0 Å². The molecule has 0 N–H and O–H groups in total. The molecule has 1 heterocycles. The first-order valence-corrected chi connectivity index (χ1v) is 7.91. The Labute approximate surface area is 139 Å². The Bertz CT molecular complexity index is 584. The first-order valence-electron chi connectivity index (χ1n) is 7.91. The number of nitrogens with zero attached hydrogens (tertiary/aromatic N) is 1. The van der Waals surface area contributed by atoms with E-state index in [1.165, 1.54) is 18.2 Å². The third kappa shape index (κ3) is 4.66. The number of amides is 1. The Morgan fingerprint density at radius 1 is 1.25 bits per heavy atom. The summed E-state index contributed by atoms with van der Waals surface area (Å²) < 4.78 is 33.7. The van der Waals surface area contributed by atoms with Gasteiger partial charge in [-0.15, -0.1) is 0 Å². The van der Waals surface area contributed by atoms with Crippen LogP contribution < -0.4 is 4.74 Å².